The zero-order valence-corrected chi connectivity index (χ0v) is 27.1. The lowest BCUT2D eigenvalue weighted by molar-refractivity contribution is -0.127. The van der Waals surface area contributed by atoms with E-state index in [2.05, 4.69) is 15.0 Å². The number of carbonyl (C=O) groups is 1. The molecule has 3 aliphatic rings. The predicted molar refractivity (Wildman–Crippen MR) is 170 cm³/mol. The van der Waals surface area contributed by atoms with Gasteiger partial charge in [-0.1, -0.05) is 22.8 Å². The molecular weight excluding hydrogens is 630 g/mol. The predicted octanol–water partition coefficient (Wildman–Crippen LogP) is 5.15. The molecule has 2 unspecified atom stereocenters. The van der Waals surface area contributed by atoms with Crippen molar-refractivity contribution >= 4 is 33.2 Å². The van der Waals surface area contributed by atoms with Gasteiger partial charge in [-0.3, -0.25) is 14.6 Å². The number of hydrogen-bond donors (Lipinski definition) is 0. The molecule has 13 heteroatoms. The molecule has 0 radical (unpaired) electrons. The molecule has 46 heavy (non-hydrogen) atoms. The Morgan fingerprint density at radius 1 is 0.957 bits per heavy atom. The van der Waals surface area contributed by atoms with Gasteiger partial charge in [-0.2, -0.15) is 4.98 Å². The van der Waals surface area contributed by atoms with Gasteiger partial charge in [0.1, 0.15) is 11.5 Å². The summed E-state index contributed by atoms with van der Waals surface area (Å²) in [5, 5.41) is 4.52. The molecular formula is C33H34ClN5O6S. The lowest BCUT2D eigenvalue weighted by atomic mass is 9.80. The van der Waals surface area contributed by atoms with Crippen LogP contribution in [-0.2, 0) is 26.9 Å². The molecule has 0 N–H and O–H groups in total. The van der Waals surface area contributed by atoms with Crippen molar-refractivity contribution in [1.29, 1.82) is 0 Å². The Bertz CT molecular complexity index is 1860. The number of aromatic nitrogens is 2. The maximum atomic E-state index is 15.5. The van der Waals surface area contributed by atoms with Crippen molar-refractivity contribution < 1.29 is 27.2 Å². The maximum Gasteiger partial charge on any atom is 0.271 e. The van der Waals surface area contributed by atoms with E-state index in [1.807, 2.05) is 23.1 Å². The Morgan fingerprint density at radius 3 is 2.43 bits per heavy atom. The summed E-state index contributed by atoms with van der Waals surface area (Å²) in [6.45, 7) is 3.12. The zero-order valence-electron chi connectivity index (χ0n) is 25.6. The molecule has 0 aliphatic carbocycles. The second-order valence-corrected chi connectivity index (χ2v) is 14.0. The third-order valence-corrected chi connectivity index (χ3v) is 11.2. The van der Waals surface area contributed by atoms with Gasteiger partial charge >= 0.3 is 0 Å². The first-order valence-electron chi connectivity index (χ1n) is 15.3. The average Bonchev–Trinajstić information content (AvgIpc) is 3.88. The van der Waals surface area contributed by atoms with E-state index in [1.54, 1.807) is 37.4 Å². The van der Waals surface area contributed by atoms with Gasteiger partial charge in [0, 0.05) is 29.2 Å². The number of methoxy groups -OCH3 is 2. The number of anilines is 1. The molecule has 7 rings (SSSR count). The normalized spacial score (nSPS) is 22.0. The monoisotopic (exact) mass is 663 g/mol. The van der Waals surface area contributed by atoms with Crippen molar-refractivity contribution in [3.8, 4) is 11.5 Å². The van der Waals surface area contributed by atoms with Crippen LogP contribution in [0.2, 0.25) is 5.02 Å². The molecule has 0 saturated carbocycles. The van der Waals surface area contributed by atoms with Gasteiger partial charge in [0.2, 0.25) is 6.39 Å². The van der Waals surface area contributed by atoms with Crippen molar-refractivity contribution in [2.75, 3.05) is 38.2 Å². The van der Waals surface area contributed by atoms with Crippen LogP contribution in [0, 0.1) is 0 Å². The lowest BCUT2D eigenvalue weighted by Gasteiger charge is -2.41. The fourth-order valence-electron chi connectivity index (χ4n) is 7.23. The Kier molecular flexibility index (Phi) is 8.00. The van der Waals surface area contributed by atoms with Crippen molar-refractivity contribution in [2.24, 2.45) is 0 Å². The number of benzene rings is 3. The minimum absolute atomic E-state index is 0.0516. The number of likely N-dealkylation sites (tertiary alicyclic amines) is 2. The Hall–Kier alpha value is -3.97. The minimum atomic E-state index is -4.41. The van der Waals surface area contributed by atoms with Crippen LogP contribution in [-0.4, -0.2) is 68.1 Å². The van der Waals surface area contributed by atoms with Crippen LogP contribution in [0.5, 0.6) is 11.5 Å². The summed E-state index contributed by atoms with van der Waals surface area (Å²) < 4.78 is 46.3. The smallest absolute Gasteiger partial charge is 0.271 e. The average molecular weight is 664 g/mol. The van der Waals surface area contributed by atoms with Gasteiger partial charge in [0.15, 0.2) is 11.4 Å². The van der Waals surface area contributed by atoms with Gasteiger partial charge in [0.25, 0.3) is 15.9 Å². The van der Waals surface area contributed by atoms with Crippen molar-refractivity contribution in [2.45, 2.75) is 48.7 Å². The van der Waals surface area contributed by atoms with Gasteiger partial charge in [-0.05, 0) is 98.9 Å². The van der Waals surface area contributed by atoms with Crippen LogP contribution in [0.3, 0.4) is 0 Å². The van der Waals surface area contributed by atoms with Crippen LogP contribution in [0.1, 0.15) is 54.2 Å². The number of hydrogen-bond acceptors (Lipinski definition) is 10. The quantitative estimate of drug-likeness (QED) is 0.238. The van der Waals surface area contributed by atoms with Crippen LogP contribution >= 0.6 is 11.6 Å². The molecule has 4 heterocycles. The highest BCUT2D eigenvalue weighted by Crippen LogP contribution is 2.56. The zero-order chi connectivity index (χ0) is 32.1. The molecule has 3 aliphatic heterocycles. The second-order valence-electron chi connectivity index (χ2n) is 11.8. The largest absolute Gasteiger partial charge is 0.497 e. The minimum Gasteiger partial charge on any atom is -0.497 e. The topological polar surface area (TPSA) is 118 Å². The number of fused-ring (bicyclic) bond motifs is 1. The maximum absolute atomic E-state index is 15.5. The van der Waals surface area contributed by atoms with E-state index in [0.717, 1.165) is 35.8 Å². The van der Waals surface area contributed by atoms with Crippen molar-refractivity contribution in [3.63, 3.8) is 0 Å². The summed E-state index contributed by atoms with van der Waals surface area (Å²) in [6.07, 6.45) is 4.87. The Labute approximate surface area is 272 Å². The summed E-state index contributed by atoms with van der Waals surface area (Å²) in [5.41, 5.74) is 0.516. The van der Waals surface area contributed by atoms with Crippen LogP contribution in [0.15, 0.2) is 76.5 Å². The number of rotatable bonds is 9. The van der Waals surface area contributed by atoms with E-state index in [4.69, 9.17) is 25.6 Å². The summed E-state index contributed by atoms with van der Waals surface area (Å²) in [5.74, 6) is 0.698. The van der Waals surface area contributed by atoms with Gasteiger partial charge in [-0.15, -0.1) is 0 Å². The van der Waals surface area contributed by atoms with Crippen LogP contribution < -0.4 is 13.8 Å². The second kappa shape index (κ2) is 12.0. The lowest BCUT2D eigenvalue weighted by Crippen LogP contribution is -2.54. The SMILES string of the molecule is COc1ccc(S(=O)(=O)N2C(=O)C(c3cc(CN4CCCC4)ccc3OC)(N3CCCC3c3ncon3)c3cc(Cl)ccc32)cc1. The number of carbonyl (C=O) groups excluding carboxylic acids is 1. The molecule has 1 aromatic heterocycles. The Balaban J connectivity index is 1.49. The molecule has 3 aromatic carbocycles. The fourth-order valence-corrected chi connectivity index (χ4v) is 8.86. The third-order valence-electron chi connectivity index (χ3n) is 9.28. The summed E-state index contributed by atoms with van der Waals surface area (Å²) in [7, 11) is -1.35. The number of halogens is 1. The molecule has 0 spiro atoms. The van der Waals surface area contributed by atoms with Crippen LogP contribution in [0.4, 0.5) is 5.69 Å². The van der Waals surface area contributed by atoms with E-state index >= 15 is 4.79 Å². The first kappa shape index (κ1) is 30.7. The van der Waals surface area contributed by atoms with Crippen molar-refractivity contribution in [3.05, 3.63) is 94.6 Å². The molecule has 2 fully saturated rings. The van der Waals surface area contributed by atoms with Gasteiger partial charge in [0.05, 0.1) is 30.8 Å². The van der Waals surface area contributed by atoms with E-state index in [1.165, 1.54) is 25.6 Å². The van der Waals surface area contributed by atoms with E-state index < -0.39 is 27.5 Å². The third kappa shape index (κ3) is 4.86. The molecule has 11 nitrogen and oxygen atoms in total. The van der Waals surface area contributed by atoms with Crippen LogP contribution in [0.25, 0.3) is 0 Å². The molecule has 2 saturated heterocycles. The van der Waals surface area contributed by atoms with Gasteiger partial charge in [-0.25, -0.2) is 12.7 Å². The summed E-state index contributed by atoms with van der Waals surface area (Å²) in [4.78, 5) is 24.2. The molecule has 2 atom stereocenters. The Morgan fingerprint density at radius 2 is 1.74 bits per heavy atom. The number of nitrogens with zero attached hydrogens (tertiary/aromatic N) is 5. The van der Waals surface area contributed by atoms with E-state index in [-0.39, 0.29) is 10.6 Å². The first-order valence-corrected chi connectivity index (χ1v) is 17.1. The number of sulfonamides is 1. The highest BCUT2D eigenvalue weighted by molar-refractivity contribution is 7.93. The molecule has 4 aromatic rings. The van der Waals surface area contributed by atoms with E-state index in [0.29, 0.717) is 59.4 Å². The van der Waals surface area contributed by atoms with E-state index in [9.17, 15) is 8.42 Å². The number of amides is 1. The summed E-state index contributed by atoms with van der Waals surface area (Å²) in [6, 6.07) is 16.3. The molecule has 1 amide bonds. The standard InChI is InChI=1S/C33H34ClN5O6S/c1-43-24-9-11-25(12-10-24)46(41,42)39-28-13-8-23(34)19-26(28)33(32(39)40,38-17-5-6-29(38)31-35-21-45-36-31)27-18-22(7-14-30(27)44-2)20-37-15-3-4-16-37/h7-14,18-19,21,29H,3-6,15-17,20H2,1-2H3. The van der Waals surface area contributed by atoms with Crippen molar-refractivity contribution in [1.82, 2.24) is 19.9 Å². The highest BCUT2D eigenvalue weighted by Gasteiger charge is 2.62. The fraction of sp³-hybridized carbons (Fsp3) is 0.364. The molecule has 0 bridgehead atoms. The summed E-state index contributed by atoms with van der Waals surface area (Å²) >= 11 is 6.67. The highest BCUT2D eigenvalue weighted by atomic mass is 35.5. The molecule has 240 valence electrons. The van der Waals surface area contributed by atoms with Gasteiger partial charge < -0.3 is 14.0 Å². The first-order chi connectivity index (χ1) is 22.3. The number of ether oxygens (including phenoxy) is 2.